The number of nitrogens with zero attached hydrogens (tertiary/aromatic N) is 1. The molecule has 0 spiro atoms. The molecule has 3 aromatic rings. The summed E-state index contributed by atoms with van der Waals surface area (Å²) >= 11 is 0. The maximum absolute atomic E-state index is 13.2. The number of rotatable bonds is 21. The van der Waals surface area contributed by atoms with E-state index in [0.29, 0.717) is 19.3 Å². The van der Waals surface area contributed by atoms with Gasteiger partial charge in [-0.3, -0.25) is 4.18 Å². The minimum atomic E-state index is -4.82. The molecule has 0 aliphatic heterocycles. The molecule has 0 amide bonds. The number of H-pyrrole nitrogens is 1. The van der Waals surface area contributed by atoms with Crippen molar-refractivity contribution in [1.82, 2.24) is 9.97 Å². The van der Waals surface area contributed by atoms with Crippen LogP contribution >= 0.6 is 0 Å². The Kier molecular flexibility index (Phi) is 16.9. The Morgan fingerprint density at radius 1 is 0.762 bits per heavy atom. The Labute approximate surface area is 274 Å². The van der Waals surface area contributed by atoms with Crippen LogP contribution in [0.1, 0.15) is 109 Å². The zero-order valence-electron chi connectivity index (χ0n) is 25.2. The number of hydrogen-bond donors (Lipinski definition) is 1. The molecule has 1 heterocycles. The van der Waals surface area contributed by atoms with Crippen molar-refractivity contribution in [2.24, 2.45) is 0 Å². The van der Waals surface area contributed by atoms with Gasteiger partial charge in [-0.2, -0.15) is 8.42 Å². The van der Waals surface area contributed by atoms with Crippen LogP contribution in [-0.4, -0.2) is 37.5 Å². The van der Waals surface area contributed by atoms with Gasteiger partial charge in [0.25, 0.3) is 5.16 Å². The average Bonchev–Trinajstić information content (AvgIpc) is 3.40. The maximum Gasteiger partial charge on any atom is 1.00 e. The largest absolute Gasteiger partial charge is 1.00 e. The van der Waals surface area contributed by atoms with E-state index in [-0.39, 0.29) is 40.6 Å². The van der Waals surface area contributed by atoms with Crippen LogP contribution in [0.25, 0.3) is 11.0 Å². The number of aromatic amines is 1. The summed E-state index contributed by atoms with van der Waals surface area (Å²) < 4.78 is 66.9. The van der Waals surface area contributed by atoms with Gasteiger partial charge < -0.3 is 9.54 Å². The summed E-state index contributed by atoms with van der Waals surface area (Å²) in [7, 11) is -9.14. The van der Waals surface area contributed by atoms with Gasteiger partial charge in [0.2, 0.25) is 0 Å². The molecule has 1 unspecified atom stereocenters. The predicted octanol–water partition coefficient (Wildman–Crippen LogP) is 4.66. The van der Waals surface area contributed by atoms with E-state index < -0.39 is 36.4 Å². The molecule has 0 saturated carbocycles. The van der Waals surface area contributed by atoms with E-state index >= 15 is 0 Å². The van der Waals surface area contributed by atoms with Crippen LogP contribution in [-0.2, 0) is 30.8 Å². The average molecular weight is 629 g/mol. The summed E-state index contributed by atoms with van der Waals surface area (Å²) in [6, 6.07) is 13.8. The third-order valence-corrected chi connectivity index (χ3v) is 9.51. The number of benzene rings is 2. The quantitative estimate of drug-likeness (QED) is 0.0786. The Balaban J connectivity index is 0.00000616. The summed E-state index contributed by atoms with van der Waals surface area (Å²) in [5.74, 6) is 0. The fraction of sp³-hybridized carbons (Fsp3) is 0.581. The second kappa shape index (κ2) is 19.2. The van der Waals surface area contributed by atoms with Crippen molar-refractivity contribution in [2.75, 3.05) is 0 Å². The molecule has 1 aromatic heterocycles. The Bertz CT molecular complexity index is 1400. The molecular formula is C31H45N2NaO6S2. The van der Waals surface area contributed by atoms with Crippen molar-refractivity contribution in [3.05, 3.63) is 54.1 Å². The number of para-hydroxylation sites is 1. The number of nitrogens with one attached hydrogen (secondary N) is 1. The standard InChI is InChI=1S/C31H46N2O6S2.Na/c1-2-3-4-5-6-7-8-9-10-11-12-13-17-21-27(25-24-26-19-15-14-16-20-26)39-41(37,38)31-32-28-22-18-23-29(30(28)33-31)40(34,35)36;/h14-16,18-20,22-23,27H,2-13,17,21,24-25H2,1H3,(H,32,33)(H,34,35,36);/q;+1/p-1. The molecule has 0 bridgehead atoms. The summed E-state index contributed by atoms with van der Waals surface area (Å²) in [5, 5.41) is -0.501. The molecule has 1 atom stereocenters. The van der Waals surface area contributed by atoms with Gasteiger partial charge in [0.1, 0.15) is 15.6 Å². The molecule has 228 valence electrons. The number of aromatic nitrogens is 2. The van der Waals surface area contributed by atoms with Gasteiger partial charge in [-0.05, 0) is 37.0 Å². The van der Waals surface area contributed by atoms with Crippen molar-refractivity contribution in [3.8, 4) is 0 Å². The van der Waals surface area contributed by atoms with Crippen molar-refractivity contribution < 1.29 is 55.1 Å². The van der Waals surface area contributed by atoms with Crippen LogP contribution in [0.3, 0.4) is 0 Å². The van der Waals surface area contributed by atoms with Crippen molar-refractivity contribution in [3.63, 3.8) is 0 Å². The van der Waals surface area contributed by atoms with E-state index in [0.717, 1.165) is 30.9 Å². The smallest absolute Gasteiger partial charge is 0.744 e. The topological polar surface area (TPSA) is 129 Å². The fourth-order valence-corrected chi connectivity index (χ4v) is 6.85. The first-order chi connectivity index (χ1) is 19.7. The third-order valence-electron chi connectivity index (χ3n) is 7.45. The van der Waals surface area contributed by atoms with E-state index in [1.54, 1.807) is 0 Å². The second-order valence-electron chi connectivity index (χ2n) is 10.9. The Morgan fingerprint density at radius 2 is 1.33 bits per heavy atom. The van der Waals surface area contributed by atoms with Gasteiger partial charge in [-0.15, -0.1) is 0 Å². The third kappa shape index (κ3) is 12.8. The predicted molar refractivity (Wildman–Crippen MR) is 161 cm³/mol. The van der Waals surface area contributed by atoms with Gasteiger partial charge in [0.05, 0.1) is 16.5 Å². The number of imidazole rings is 1. The SMILES string of the molecule is CCCCCCCCCCCCCCCC(CCc1ccccc1)OS(=O)(=O)c1nc2c(S(=O)(=O)[O-])cccc2[nH]1.[Na+]. The van der Waals surface area contributed by atoms with E-state index in [1.807, 2.05) is 30.3 Å². The normalized spacial score (nSPS) is 12.8. The van der Waals surface area contributed by atoms with E-state index in [2.05, 4.69) is 16.9 Å². The van der Waals surface area contributed by atoms with Gasteiger partial charge in [-0.1, -0.05) is 127 Å². The zero-order valence-corrected chi connectivity index (χ0v) is 28.9. The summed E-state index contributed by atoms with van der Waals surface area (Å²) in [4.78, 5) is 5.99. The van der Waals surface area contributed by atoms with Gasteiger partial charge in [0.15, 0.2) is 0 Å². The summed E-state index contributed by atoms with van der Waals surface area (Å²) in [6.45, 7) is 2.24. The molecule has 0 aliphatic carbocycles. The molecule has 42 heavy (non-hydrogen) atoms. The van der Waals surface area contributed by atoms with Crippen molar-refractivity contribution >= 4 is 31.3 Å². The Morgan fingerprint density at radius 3 is 1.90 bits per heavy atom. The van der Waals surface area contributed by atoms with Crippen LogP contribution in [0.4, 0.5) is 0 Å². The zero-order chi connectivity index (χ0) is 29.6. The second-order valence-corrected chi connectivity index (χ2v) is 13.7. The van der Waals surface area contributed by atoms with Crippen LogP contribution < -0.4 is 29.6 Å². The van der Waals surface area contributed by atoms with E-state index in [4.69, 9.17) is 4.18 Å². The van der Waals surface area contributed by atoms with E-state index in [9.17, 15) is 21.4 Å². The number of hydrogen-bond acceptors (Lipinski definition) is 7. The molecule has 0 fully saturated rings. The molecule has 2 aromatic carbocycles. The van der Waals surface area contributed by atoms with Crippen LogP contribution in [0, 0.1) is 0 Å². The summed E-state index contributed by atoms with van der Waals surface area (Å²) in [5.41, 5.74) is 1.03. The van der Waals surface area contributed by atoms with Gasteiger partial charge in [0, 0.05) is 0 Å². The first-order valence-electron chi connectivity index (χ1n) is 15.1. The molecule has 3 rings (SSSR count). The monoisotopic (exact) mass is 628 g/mol. The van der Waals surface area contributed by atoms with E-state index in [1.165, 1.54) is 76.3 Å². The minimum absolute atomic E-state index is 0. The molecule has 0 radical (unpaired) electrons. The molecule has 11 heteroatoms. The molecule has 0 saturated heterocycles. The molecule has 0 aliphatic rings. The number of unbranched alkanes of at least 4 members (excludes halogenated alkanes) is 12. The first kappa shape index (κ1) is 36.9. The molecular weight excluding hydrogens is 583 g/mol. The van der Waals surface area contributed by atoms with Crippen molar-refractivity contribution in [1.29, 1.82) is 0 Å². The van der Waals surface area contributed by atoms with Gasteiger partial charge in [-0.25, -0.2) is 13.4 Å². The maximum atomic E-state index is 13.2. The van der Waals surface area contributed by atoms with Crippen LogP contribution in [0.15, 0.2) is 58.6 Å². The summed E-state index contributed by atoms with van der Waals surface area (Å²) in [6.07, 6.45) is 17.2. The van der Waals surface area contributed by atoms with Crippen LogP contribution in [0.2, 0.25) is 0 Å². The number of fused-ring (bicyclic) bond motifs is 1. The molecule has 1 N–H and O–H groups in total. The minimum Gasteiger partial charge on any atom is -0.744 e. The van der Waals surface area contributed by atoms with Crippen LogP contribution in [0.5, 0.6) is 0 Å². The molecule has 8 nitrogen and oxygen atoms in total. The first-order valence-corrected chi connectivity index (χ1v) is 17.9. The Hall–Kier alpha value is -1.27. The van der Waals surface area contributed by atoms with Gasteiger partial charge >= 0.3 is 39.7 Å². The van der Waals surface area contributed by atoms with Crippen molar-refractivity contribution in [2.45, 2.75) is 126 Å². The fourth-order valence-electron chi connectivity index (χ4n) is 5.13. The number of aryl methyl sites for hydroxylation is 1.